The van der Waals surface area contributed by atoms with Gasteiger partial charge in [0.25, 0.3) is 0 Å². The summed E-state index contributed by atoms with van der Waals surface area (Å²) in [4.78, 5) is 7.12. The van der Waals surface area contributed by atoms with Gasteiger partial charge in [0.15, 0.2) is 0 Å². The molecule has 0 radical (unpaired) electrons. The lowest BCUT2D eigenvalue weighted by Gasteiger charge is -2.33. The first-order valence-corrected chi connectivity index (χ1v) is 29.2. The van der Waals surface area contributed by atoms with Gasteiger partial charge in [0.1, 0.15) is 22.3 Å². The third-order valence-corrected chi connectivity index (χ3v) is 17.4. The second-order valence-corrected chi connectivity index (χ2v) is 22.3. The fourth-order valence-electron chi connectivity index (χ4n) is 12.3. The molecular formula is C78H51N3O2S. The smallest absolute Gasteiger partial charge is 0.143 e. The fourth-order valence-corrected chi connectivity index (χ4v) is 13.4. The lowest BCUT2D eigenvalue weighted by Crippen LogP contribution is -2.16. The fraction of sp³-hybridized carbons (Fsp3) is 0. The van der Waals surface area contributed by atoms with Gasteiger partial charge >= 0.3 is 0 Å². The molecule has 0 aliphatic rings. The van der Waals surface area contributed by atoms with Crippen molar-refractivity contribution < 1.29 is 8.83 Å². The molecule has 396 valence electrons. The Kier molecular flexibility index (Phi) is 12.0. The second-order valence-electron chi connectivity index (χ2n) is 21.2. The number of furan rings is 2. The van der Waals surface area contributed by atoms with Crippen LogP contribution in [0, 0.1) is 0 Å². The highest BCUT2D eigenvalue weighted by Gasteiger charge is 2.24. The molecule has 0 N–H and O–H groups in total. The number of anilines is 9. The molecular weight excluding hydrogens is 1040 g/mol. The first-order chi connectivity index (χ1) is 41.6. The Morgan fingerprint density at radius 3 is 1.01 bits per heavy atom. The van der Waals surface area contributed by atoms with Crippen molar-refractivity contribution in [3.8, 4) is 33.4 Å². The molecule has 0 unspecified atom stereocenters. The van der Waals surface area contributed by atoms with Crippen LogP contribution in [0.4, 0.5) is 51.2 Å². The Morgan fingerprint density at radius 2 is 0.560 bits per heavy atom. The molecule has 3 heterocycles. The summed E-state index contributed by atoms with van der Waals surface area (Å²) in [5.74, 6) is 0. The summed E-state index contributed by atoms with van der Waals surface area (Å²) >= 11 is 1.85. The van der Waals surface area contributed by atoms with E-state index in [0.717, 1.165) is 123 Å². The Bertz CT molecular complexity index is 4850. The summed E-state index contributed by atoms with van der Waals surface area (Å²) in [6.45, 7) is 0. The lowest BCUT2D eigenvalue weighted by molar-refractivity contribution is 0.669. The van der Waals surface area contributed by atoms with E-state index in [9.17, 15) is 0 Å². The number of benzene rings is 13. The van der Waals surface area contributed by atoms with E-state index in [0.29, 0.717) is 0 Å². The molecule has 0 saturated carbocycles. The standard InChI is InChI=1S/C78H51N3O2S/c1-4-18-56(19-5-1)79(59-41-34-52(35-42-59)55-40-47-76-72(48-55)69-26-12-15-33-75(69)84-76)62-49-63(80(57-20-6-2-7-21-57)60-43-36-53(37-44-60)65-27-16-29-70-67-24-10-13-31-73(67)82-77(65)70)51-64(50-62)81(58-22-8-3-9-23-58)61-45-38-54(39-46-61)66-28-17-30-71-68-25-11-14-32-74(68)83-78(66)71/h1-51H. The van der Waals surface area contributed by atoms with Gasteiger partial charge in [-0.2, -0.15) is 0 Å². The minimum Gasteiger partial charge on any atom is -0.455 e. The molecule has 0 bridgehead atoms. The van der Waals surface area contributed by atoms with Crippen molar-refractivity contribution in [2.45, 2.75) is 0 Å². The highest BCUT2D eigenvalue weighted by atomic mass is 32.1. The van der Waals surface area contributed by atoms with Gasteiger partial charge in [0.05, 0.1) is 17.1 Å². The molecule has 0 spiro atoms. The van der Waals surface area contributed by atoms with Crippen molar-refractivity contribution in [2.24, 2.45) is 0 Å². The number of para-hydroxylation sites is 7. The van der Waals surface area contributed by atoms with Gasteiger partial charge in [-0.3, -0.25) is 0 Å². The Labute approximate surface area is 490 Å². The summed E-state index contributed by atoms with van der Waals surface area (Å²) < 4.78 is 15.7. The van der Waals surface area contributed by atoms with Crippen molar-refractivity contribution in [1.82, 2.24) is 0 Å². The first kappa shape index (κ1) is 48.9. The van der Waals surface area contributed by atoms with Gasteiger partial charge in [0, 0.05) is 87.0 Å². The van der Waals surface area contributed by atoms with E-state index >= 15 is 0 Å². The van der Waals surface area contributed by atoms with Gasteiger partial charge in [-0.05, 0) is 144 Å². The summed E-state index contributed by atoms with van der Waals surface area (Å²) in [5, 5.41) is 7.02. The van der Waals surface area contributed by atoms with Gasteiger partial charge in [-0.25, -0.2) is 0 Å². The van der Waals surface area contributed by atoms with E-state index in [2.05, 4.69) is 300 Å². The van der Waals surface area contributed by atoms with Gasteiger partial charge in [-0.1, -0.05) is 188 Å². The van der Waals surface area contributed by atoms with Crippen LogP contribution in [0.3, 0.4) is 0 Å². The van der Waals surface area contributed by atoms with E-state index in [1.165, 1.54) is 25.7 Å². The zero-order valence-electron chi connectivity index (χ0n) is 45.5. The quantitative estimate of drug-likeness (QED) is 0.122. The van der Waals surface area contributed by atoms with E-state index in [1.807, 2.05) is 35.6 Å². The number of hydrogen-bond donors (Lipinski definition) is 0. The number of hydrogen-bond acceptors (Lipinski definition) is 6. The number of rotatable bonds is 12. The predicted octanol–water partition coefficient (Wildman–Crippen LogP) is 23.3. The Hall–Kier alpha value is -10.9. The minimum absolute atomic E-state index is 0.883. The molecule has 0 aliphatic heterocycles. The normalized spacial score (nSPS) is 11.6. The molecule has 0 fully saturated rings. The van der Waals surface area contributed by atoms with E-state index in [1.54, 1.807) is 0 Å². The lowest BCUT2D eigenvalue weighted by atomic mass is 10.0. The van der Waals surface area contributed by atoms with E-state index < -0.39 is 0 Å². The van der Waals surface area contributed by atoms with Crippen LogP contribution < -0.4 is 14.7 Å². The van der Waals surface area contributed by atoms with Crippen LogP contribution in [-0.2, 0) is 0 Å². The molecule has 0 amide bonds. The van der Waals surface area contributed by atoms with E-state index in [-0.39, 0.29) is 0 Å². The van der Waals surface area contributed by atoms with Crippen LogP contribution in [-0.4, -0.2) is 0 Å². The zero-order valence-corrected chi connectivity index (χ0v) is 46.3. The van der Waals surface area contributed by atoms with Crippen LogP contribution >= 0.6 is 11.3 Å². The predicted molar refractivity (Wildman–Crippen MR) is 354 cm³/mol. The Morgan fingerprint density at radius 1 is 0.214 bits per heavy atom. The topological polar surface area (TPSA) is 36.0 Å². The molecule has 16 rings (SSSR count). The summed E-state index contributed by atoms with van der Waals surface area (Å²) in [6, 6.07) is 111. The number of thiophene rings is 1. The average molecular weight is 1090 g/mol. The molecule has 84 heavy (non-hydrogen) atoms. The van der Waals surface area contributed by atoms with Crippen LogP contribution in [0.5, 0.6) is 0 Å². The number of fused-ring (bicyclic) bond motifs is 9. The Balaban J connectivity index is 0.872. The maximum absolute atomic E-state index is 6.56. The third-order valence-electron chi connectivity index (χ3n) is 16.2. The van der Waals surface area contributed by atoms with Crippen molar-refractivity contribution in [2.75, 3.05) is 14.7 Å². The van der Waals surface area contributed by atoms with Crippen LogP contribution in [0.2, 0.25) is 0 Å². The molecule has 0 aliphatic carbocycles. The van der Waals surface area contributed by atoms with Crippen molar-refractivity contribution in [3.05, 3.63) is 309 Å². The van der Waals surface area contributed by atoms with Gasteiger partial charge < -0.3 is 23.5 Å². The maximum atomic E-state index is 6.56. The van der Waals surface area contributed by atoms with Crippen LogP contribution in [0.1, 0.15) is 0 Å². The summed E-state index contributed by atoms with van der Waals surface area (Å²) in [5.41, 5.74) is 19.2. The summed E-state index contributed by atoms with van der Waals surface area (Å²) in [7, 11) is 0. The summed E-state index contributed by atoms with van der Waals surface area (Å²) in [6.07, 6.45) is 0. The van der Waals surface area contributed by atoms with Gasteiger partial charge in [0.2, 0.25) is 0 Å². The molecule has 13 aromatic carbocycles. The van der Waals surface area contributed by atoms with E-state index in [4.69, 9.17) is 8.83 Å². The molecule has 5 nitrogen and oxygen atoms in total. The van der Waals surface area contributed by atoms with Crippen molar-refractivity contribution in [1.29, 1.82) is 0 Å². The molecule has 3 aromatic heterocycles. The zero-order chi connectivity index (χ0) is 55.5. The van der Waals surface area contributed by atoms with Crippen molar-refractivity contribution >= 4 is 127 Å². The third kappa shape index (κ3) is 8.63. The maximum Gasteiger partial charge on any atom is 0.143 e. The van der Waals surface area contributed by atoms with Crippen molar-refractivity contribution in [3.63, 3.8) is 0 Å². The molecule has 0 saturated heterocycles. The SMILES string of the molecule is c1ccc(N(c2ccc(-c3ccc4sc5ccccc5c4c3)cc2)c2cc(N(c3ccccc3)c3ccc(-c4cccc5c4oc4ccccc45)cc3)cc(N(c3ccccc3)c3ccc(-c4cccc5c4oc4ccccc45)cc3)c2)cc1. The highest BCUT2D eigenvalue weighted by Crippen LogP contribution is 2.48. The van der Waals surface area contributed by atoms with Crippen LogP contribution in [0.25, 0.3) is 97.4 Å². The monoisotopic (exact) mass is 1090 g/mol. The van der Waals surface area contributed by atoms with Gasteiger partial charge in [-0.15, -0.1) is 11.3 Å². The second kappa shape index (κ2) is 20.6. The average Bonchev–Trinajstić information content (AvgIpc) is 3.76. The highest BCUT2D eigenvalue weighted by molar-refractivity contribution is 7.25. The largest absolute Gasteiger partial charge is 0.455 e. The first-order valence-electron chi connectivity index (χ1n) is 28.4. The molecule has 16 aromatic rings. The van der Waals surface area contributed by atoms with Crippen LogP contribution in [0.15, 0.2) is 318 Å². The number of nitrogens with zero attached hydrogens (tertiary/aromatic N) is 3. The minimum atomic E-state index is 0.883. The molecule has 0 atom stereocenters. The molecule has 6 heteroatoms.